The van der Waals surface area contributed by atoms with Gasteiger partial charge >= 0.3 is 5.97 Å². The number of allylic oxidation sites excluding steroid dienone is 4. The number of rotatable bonds is 16. The first-order valence-corrected chi connectivity index (χ1v) is 9.30. The Morgan fingerprint density at radius 1 is 0.727 bits per heavy atom. The van der Waals surface area contributed by atoms with E-state index in [1.807, 2.05) is 0 Å². The molecule has 0 fully saturated rings. The number of aliphatic carboxylic acids is 1. The quantitative estimate of drug-likeness (QED) is 0.255. The molecule has 0 radical (unpaired) electrons. The molecule has 0 saturated heterocycles. The predicted molar refractivity (Wildman–Crippen MR) is 96.2 cm³/mol. The van der Waals surface area contributed by atoms with Crippen molar-refractivity contribution in [3.05, 3.63) is 24.3 Å². The summed E-state index contributed by atoms with van der Waals surface area (Å²) in [5.74, 6) is -0.665. The molecule has 1 N–H and O–H groups in total. The van der Waals surface area contributed by atoms with Gasteiger partial charge in [0.25, 0.3) is 0 Å². The molecule has 0 bridgehead atoms. The zero-order chi connectivity index (χ0) is 16.3. The van der Waals surface area contributed by atoms with Crippen LogP contribution in [0.4, 0.5) is 0 Å². The molecule has 0 heterocycles. The van der Waals surface area contributed by atoms with E-state index < -0.39 is 5.97 Å². The summed E-state index contributed by atoms with van der Waals surface area (Å²) in [4.78, 5) is 10.3. The van der Waals surface area contributed by atoms with E-state index in [0.29, 0.717) is 6.42 Å². The number of unbranched alkanes of at least 4 members (excludes halogenated alkanes) is 11. The normalized spacial score (nSPS) is 11.7. The van der Waals surface area contributed by atoms with Gasteiger partial charge in [0.2, 0.25) is 0 Å². The van der Waals surface area contributed by atoms with E-state index in [2.05, 4.69) is 31.2 Å². The van der Waals surface area contributed by atoms with Crippen molar-refractivity contribution in [1.29, 1.82) is 0 Å². The molecule has 0 aliphatic heterocycles. The summed E-state index contributed by atoms with van der Waals surface area (Å²) < 4.78 is 0. The predicted octanol–water partition coefficient (Wildman–Crippen LogP) is 6.66. The van der Waals surface area contributed by atoms with Crippen molar-refractivity contribution in [3.63, 3.8) is 0 Å². The molecule has 0 aliphatic rings. The Balaban J connectivity index is 3.17. The van der Waals surface area contributed by atoms with Gasteiger partial charge in [-0.25, -0.2) is 0 Å². The summed E-state index contributed by atoms with van der Waals surface area (Å²) in [6, 6.07) is 0. The number of carbonyl (C=O) groups is 1. The van der Waals surface area contributed by atoms with E-state index in [4.69, 9.17) is 5.11 Å². The zero-order valence-corrected chi connectivity index (χ0v) is 14.6. The Hall–Kier alpha value is -1.05. The fourth-order valence-corrected chi connectivity index (χ4v) is 2.46. The van der Waals surface area contributed by atoms with Crippen LogP contribution in [0, 0.1) is 0 Å². The number of carboxylic acid groups (broad SMARTS) is 1. The van der Waals surface area contributed by atoms with Crippen LogP contribution in [0.15, 0.2) is 24.3 Å². The molecule has 0 atom stereocenters. The molecule has 0 aromatic rings. The van der Waals surface area contributed by atoms with Crippen molar-refractivity contribution in [2.24, 2.45) is 0 Å². The Morgan fingerprint density at radius 3 is 1.68 bits per heavy atom. The largest absolute Gasteiger partial charge is 0.481 e. The van der Waals surface area contributed by atoms with Gasteiger partial charge in [0.05, 0.1) is 0 Å². The lowest BCUT2D eigenvalue weighted by Gasteiger charge is -2.00. The van der Waals surface area contributed by atoms with Crippen LogP contribution in [0.5, 0.6) is 0 Å². The third-order valence-corrected chi connectivity index (χ3v) is 3.87. The molecule has 128 valence electrons. The van der Waals surface area contributed by atoms with Crippen LogP contribution < -0.4 is 0 Å². The minimum atomic E-state index is -0.665. The Kier molecular flexibility index (Phi) is 17.1. The fraction of sp³-hybridized carbons (Fsp3) is 0.750. The van der Waals surface area contributed by atoms with Crippen LogP contribution >= 0.6 is 0 Å². The summed E-state index contributed by atoms with van der Waals surface area (Å²) in [6.07, 6.45) is 25.2. The summed E-state index contributed by atoms with van der Waals surface area (Å²) in [5.41, 5.74) is 0. The molecule has 0 saturated carbocycles. The third-order valence-electron chi connectivity index (χ3n) is 3.87. The van der Waals surface area contributed by atoms with Gasteiger partial charge < -0.3 is 5.11 Å². The van der Waals surface area contributed by atoms with E-state index in [9.17, 15) is 4.79 Å². The van der Waals surface area contributed by atoms with Crippen LogP contribution in [-0.2, 0) is 4.79 Å². The first-order valence-electron chi connectivity index (χ1n) is 9.30. The van der Waals surface area contributed by atoms with Gasteiger partial charge in [-0.05, 0) is 32.1 Å². The van der Waals surface area contributed by atoms with Crippen molar-refractivity contribution in [1.82, 2.24) is 0 Å². The molecule has 0 aromatic carbocycles. The number of carboxylic acids is 1. The van der Waals surface area contributed by atoms with E-state index in [0.717, 1.165) is 12.8 Å². The van der Waals surface area contributed by atoms with E-state index >= 15 is 0 Å². The van der Waals surface area contributed by atoms with Crippen LogP contribution in [0.2, 0.25) is 0 Å². The number of hydrogen-bond acceptors (Lipinski definition) is 1. The molecular weight excluding hydrogens is 272 g/mol. The topological polar surface area (TPSA) is 37.3 Å². The second-order valence-corrected chi connectivity index (χ2v) is 6.11. The average molecular weight is 309 g/mol. The molecule has 0 amide bonds. The third kappa shape index (κ3) is 18.9. The Bertz CT molecular complexity index is 292. The first kappa shape index (κ1) is 20.9. The lowest BCUT2D eigenvalue weighted by molar-refractivity contribution is -0.137. The van der Waals surface area contributed by atoms with Crippen LogP contribution in [0.3, 0.4) is 0 Å². The second kappa shape index (κ2) is 18.0. The van der Waals surface area contributed by atoms with Crippen molar-refractivity contribution >= 4 is 5.97 Å². The van der Waals surface area contributed by atoms with Gasteiger partial charge in [-0.2, -0.15) is 0 Å². The van der Waals surface area contributed by atoms with Crippen molar-refractivity contribution < 1.29 is 9.90 Å². The van der Waals surface area contributed by atoms with Gasteiger partial charge in [-0.1, -0.05) is 82.6 Å². The first-order chi connectivity index (χ1) is 10.8. The van der Waals surface area contributed by atoms with Gasteiger partial charge in [0.1, 0.15) is 0 Å². The average Bonchev–Trinajstić information content (AvgIpc) is 2.50. The Labute approximate surface area is 137 Å². The highest BCUT2D eigenvalue weighted by molar-refractivity contribution is 5.66. The SMILES string of the molecule is CCCCCC/C=C/C=C\CCCCCCCCCC(=O)O. The maximum atomic E-state index is 10.3. The zero-order valence-electron chi connectivity index (χ0n) is 14.6. The molecule has 2 heteroatoms. The van der Waals surface area contributed by atoms with E-state index in [1.165, 1.54) is 70.6 Å². The second-order valence-electron chi connectivity index (χ2n) is 6.11. The highest BCUT2D eigenvalue weighted by Crippen LogP contribution is 2.10. The molecule has 0 aromatic heterocycles. The molecule has 0 spiro atoms. The maximum Gasteiger partial charge on any atom is 0.303 e. The highest BCUT2D eigenvalue weighted by Gasteiger charge is 1.96. The smallest absolute Gasteiger partial charge is 0.303 e. The maximum absolute atomic E-state index is 10.3. The monoisotopic (exact) mass is 308 g/mol. The molecule has 22 heavy (non-hydrogen) atoms. The minimum Gasteiger partial charge on any atom is -0.481 e. The molecule has 2 nitrogen and oxygen atoms in total. The van der Waals surface area contributed by atoms with Crippen molar-refractivity contribution in [2.75, 3.05) is 0 Å². The van der Waals surface area contributed by atoms with Gasteiger partial charge in [0.15, 0.2) is 0 Å². The van der Waals surface area contributed by atoms with Crippen molar-refractivity contribution in [2.45, 2.75) is 96.8 Å². The van der Waals surface area contributed by atoms with Gasteiger partial charge in [-0.3, -0.25) is 4.79 Å². The lowest BCUT2D eigenvalue weighted by Crippen LogP contribution is -1.93. The van der Waals surface area contributed by atoms with Gasteiger partial charge in [0, 0.05) is 6.42 Å². The Morgan fingerprint density at radius 2 is 1.18 bits per heavy atom. The van der Waals surface area contributed by atoms with Crippen molar-refractivity contribution in [3.8, 4) is 0 Å². The summed E-state index contributed by atoms with van der Waals surface area (Å²) in [6.45, 7) is 2.25. The summed E-state index contributed by atoms with van der Waals surface area (Å²) in [7, 11) is 0. The molecular formula is C20H36O2. The number of hydrogen-bond donors (Lipinski definition) is 1. The fourth-order valence-electron chi connectivity index (χ4n) is 2.46. The highest BCUT2D eigenvalue weighted by atomic mass is 16.4. The summed E-state index contributed by atoms with van der Waals surface area (Å²) >= 11 is 0. The summed E-state index contributed by atoms with van der Waals surface area (Å²) in [5, 5.41) is 8.53. The molecule has 0 rings (SSSR count). The molecule has 0 unspecified atom stereocenters. The van der Waals surface area contributed by atoms with E-state index in [1.54, 1.807) is 0 Å². The van der Waals surface area contributed by atoms with Crippen LogP contribution in [-0.4, -0.2) is 11.1 Å². The minimum absolute atomic E-state index is 0.330. The van der Waals surface area contributed by atoms with Crippen LogP contribution in [0.1, 0.15) is 96.8 Å². The standard InChI is InChI=1S/C20H36O2/c1-2-3-4-5-6-7-8-9-10-11-12-13-14-15-16-17-18-19-20(21)22/h7-10H,2-6,11-19H2,1H3,(H,21,22)/b8-7+,10-9-. The van der Waals surface area contributed by atoms with Crippen LogP contribution in [0.25, 0.3) is 0 Å². The lowest BCUT2D eigenvalue weighted by atomic mass is 10.1. The molecule has 0 aliphatic carbocycles. The van der Waals surface area contributed by atoms with E-state index in [-0.39, 0.29) is 0 Å². The van der Waals surface area contributed by atoms with Gasteiger partial charge in [-0.15, -0.1) is 0 Å².